The number of carboxylic acids is 1. The van der Waals surface area contributed by atoms with Crippen LogP contribution in [0.4, 0.5) is 0 Å². The summed E-state index contributed by atoms with van der Waals surface area (Å²) in [5.41, 5.74) is 0.140. The van der Waals surface area contributed by atoms with Crippen LogP contribution in [0.1, 0.15) is 29.6 Å². The number of ether oxygens (including phenoxy) is 1. The molecule has 2 rings (SSSR count). The van der Waals surface area contributed by atoms with E-state index < -0.39 is 5.97 Å². The van der Waals surface area contributed by atoms with Gasteiger partial charge < -0.3 is 19.8 Å². The Morgan fingerprint density at radius 2 is 2.10 bits per heavy atom. The van der Waals surface area contributed by atoms with Crippen LogP contribution in [0.5, 0.6) is 11.5 Å². The van der Waals surface area contributed by atoms with Gasteiger partial charge in [0.15, 0.2) is 0 Å². The molecule has 1 aliphatic carbocycles. The lowest BCUT2D eigenvalue weighted by atomic mass is 10.1. The first-order valence-corrected chi connectivity index (χ1v) is 6.42. The summed E-state index contributed by atoms with van der Waals surface area (Å²) in [6.07, 6.45) is 1.64. The number of phenols is 1. The van der Waals surface area contributed by atoms with Gasteiger partial charge in [-0.15, -0.1) is 0 Å². The summed E-state index contributed by atoms with van der Waals surface area (Å²) in [4.78, 5) is 24.6. The predicted octanol–water partition coefficient (Wildman–Crippen LogP) is 1.48. The van der Waals surface area contributed by atoms with Crippen molar-refractivity contribution in [1.82, 2.24) is 4.90 Å². The van der Waals surface area contributed by atoms with E-state index in [-0.39, 0.29) is 36.2 Å². The lowest BCUT2D eigenvalue weighted by molar-refractivity contribution is -0.137. The van der Waals surface area contributed by atoms with Gasteiger partial charge in [-0.25, -0.2) is 0 Å². The van der Waals surface area contributed by atoms with Gasteiger partial charge in [-0.2, -0.15) is 0 Å². The van der Waals surface area contributed by atoms with Crippen molar-refractivity contribution in [2.24, 2.45) is 0 Å². The van der Waals surface area contributed by atoms with E-state index in [9.17, 15) is 14.7 Å². The monoisotopic (exact) mass is 279 g/mol. The molecule has 0 atom stereocenters. The van der Waals surface area contributed by atoms with Gasteiger partial charge in [-0.3, -0.25) is 9.59 Å². The number of rotatable bonds is 6. The molecule has 1 aliphatic rings. The number of aromatic hydroxyl groups is 1. The quantitative estimate of drug-likeness (QED) is 0.823. The van der Waals surface area contributed by atoms with Crippen molar-refractivity contribution >= 4 is 11.9 Å². The lowest BCUT2D eigenvalue weighted by Crippen LogP contribution is -2.35. The third-order valence-electron chi connectivity index (χ3n) is 3.25. The predicted molar refractivity (Wildman–Crippen MR) is 71.0 cm³/mol. The van der Waals surface area contributed by atoms with Crippen LogP contribution in [0.25, 0.3) is 0 Å². The van der Waals surface area contributed by atoms with E-state index >= 15 is 0 Å². The molecule has 0 spiro atoms. The zero-order valence-electron chi connectivity index (χ0n) is 11.2. The van der Waals surface area contributed by atoms with Crippen LogP contribution in [0.15, 0.2) is 18.2 Å². The fraction of sp³-hybridized carbons (Fsp3) is 0.429. The van der Waals surface area contributed by atoms with E-state index in [1.54, 1.807) is 6.07 Å². The Kier molecular flexibility index (Phi) is 4.12. The largest absolute Gasteiger partial charge is 0.507 e. The Hall–Kier alpha value is -2.24. The van der Waals surface area contributed by atoms with Crippen molar-refractivity contribution in [1.29, 1.82) is 0 Å². The molecule has 20 heavy (non-hydrogen) atoms. The highest BCUT2D eigenvalue weighted by Gasteiger charge is 2.34. The van der Waals surface area contributed by atoms with Crippen LogP contribution in [-0.2, 0) is 4.79 Å². The van der Waals surface area contributed by atoms with Crippen molar-refractivity contribution < 1.29 is 24.5 Å². The second-order valence-corrected chi connectivity index (χ2v) is 4.76. The number of aliphatic carboxylic acids is 1. The number of carbonyl (C=O) groups is 2. The molecular weight excluding hydrogens is 262 g/mol. The minimum absolute atomic E-state index is 0.0763. The van der Waals surface area contributed by atoms with Crippen LogP contribution in [0, 0.1) is 0 Å². The summed E-state index contributed by atoms with van der Waals surface area (Å²) >= 11 is 0. The summed E-state index contributed by atoms with van der Waals surface area (Å²) in [6.45, 7) is 0.148. The molecule has 1 fully saturated rings. The van der Waals surface area contributed by atoms with Gasteiger partial charge in [-0.05, 0) is 31.0 Å². The normalized spacial score (nSPS) is 13.8. The molecular formula is C14H17NO5. The number of methoxy groups -OCH3 is 1. The summed E-state index contributed by atoms with van der Waals surface area (Å²) in [5.74, 6) is -0.958. The average Bonchev–Trinajstić information content (AvgIpc) is 3.23. The van der Waals surface area contributed by atoms with E-state index in [4.69, 9.17) is 9.84 Å². The van der Waals surface area contributed by atoms with Crippen molar-refractivity contribution in [3.05, 3.63) is 23.8 Å². The SMILES string of the molecule is COc1ccc(O)c(C(=O)N(CCC(=O)O)C2CC2)c1. The molecule has 0 bridgehead atoms. The summed E-state index contributed by atoms with van der Waals surface area (Å²) in [6, 6.07) is 4.50. The molecule has 1 amide bonds. The first-order valence-electron chi connectivity index (χ1n) is 6.42. The van der Waals surface area contributed by atoms with Gasteiger partial charge in [0.2, 0.25) is 0 Å². The first kappa shape index (κ1) is 14.2. The molecule has 0 radical (unpaired) electrons. The van der Waals surface area contributed by atoms with Crippen molar-refractivity contribution in [3.8, 4) is 11.5 Å². The molecule has 6 heteroatoms. The lowest BCUT2D eigenvalue weighted by Gasteiger charge is -2.22. The summed E-state index contributed by atoms with van der Waals surface area (Å²) in [5, 5.41) is 18.6. The molecule has 0 saturated heterocycles. The molecule has 1 saturated carbocycles. The van der Waals surface area contributed by atoms with Crippen molar-refractivity contribution in [2.75, 3.05) is 13.7 Å². The molecule has 2 N–H and O–H groups in total. The maximum absolute atomic E-state index is 12.4. The maximum atomic E-state index is 12.4. The van der Waals surface area contributed by atoms with E-state index in [2.05, 4.69) is 0 Å². The molecule has 108 valence electrons. The number of carbonyl (C=O) groups excluding carboxylic acids is 1. The van der Waals surface area contributed by atoms with Crippen LogP contribution in [0.3, 0.4) is 0 Å². The highest BCUT2D eigenvalue weighted by atomic mass is 16.5. The van der Waals surface area contributed by atoms with E-state index in [0.717, 1.165) is 12.8 Å². The molecule has 6 nitrogen and oxygen atoms in total. The van der Waals surface area contributed by atoms with Gasteiger partial charge in [0.1, 0.15) is 11.5 Å². The minimum atomic E-state index is -0.946. The maximum Gasteiger partial charge on any atom is 0.305 e. The fourth-order valence-electron chi connectivity index (χ4n) is 2.02. The number of hydrogen-bond acceptors (Lipinski definition) is 4. The molecule has 0 aliphatic heterocycles. The Morgan fingerprint density at radius 1 is 1.40 bits per heavy atom. The van der Waals surface area contributed by atoms with Crippen LogP contribution >= 0.6 is 0 Å². The molecule has 1 aromatic rings. The number of hydrogen-bond donors (Lipinski definition) is 2. The third kappa shape index (κ3) is 3.20. The van der Waals surface area contributed by atoms with Gasteiger partial charge in [0.05, 0.1) is 19.1 Å². The highest BCUT2D eigenvalue weighted by molar-refractivity contribution is 5.97. The standard InChI is InChI=1S/C14H17NO5/c1-20-10-4-5-12(16)11(8-10)14(19)15(9-2-3-9)7-6-13(17)18/h4-5,8-9,16H,2-3,6-7H2,1H3,(H,17,18). The Labute approximate surface area is 116 Å². The minimum Gasteiger partial charge on any atom is -0.507 e. The van der Waals surface area contributed by atoms with E-state index in [0.29, 0.717) is 5.75 Å². The second kappa shape index (κ2) is 5.81. The average molecular weight is 279 g/mol. The number of amides is 1. The molecule has 0 aromatic heterocycles. The van der Waals surface area contributed by atoms with Gasteiger partial charge in [0, 0.05) is 12.6 Å². The Morgan fingerprint density at radius 3 is 2.65 bits per heavy atom. The zero-order valence-corrected chi connectivity index (χ0v) is 11.2. The molecule has 1 aromatic carbocycles. The van der Waals surface area contributed by atoms with Crippen LogP contribution in [0.2, 0.25) is 0 Å². The molecule has 0 heterocycles. The van der Waals surface area contributed by atoms with Gasteiger partial charge >= 0.3 is 5.97 Å². The zero-order chi connectivity index (χ0) is 14.7. The van der Waals surface area contributed by atoms with Crippen LogP contribution < -0.4 is 4.74 Å². The Bertz CT molecular complexity index is 524. The van der Waals surface area contributed by atoms with Gasteiger partial charge in [-0.1, -0.05) is 0 Å². The van der Waals surface area contributed by atoms with E-state index in [1.807, 2.05) is 0 Å². The third-order valence-corrected chi connectivity index (χ3v) is 3.25. The van der Waals surface area contributed by atoms with E-state index in [1.165, 1.54) is 24.1 Å². The number of phenolic OH excluding ortho intramolecular Hbond substituents is 1. The second-order valence-electron chi connectivity index (χ2n) is 4.76. The fourth-order valence-corrected chi connectivity index (χ4v) is 2.02. The number of benzene rings is 1. The Balaban J connectivity index is 2.20. The van der Waals surface area contributed by atoms with Crippen molar-refractivity contribution in [3.63, 3.8) is 0 Å². The topological polar surface area (TPSA) is 87.1 Å². The number of carboxylic acid groups (broad SMARTS) is 1. The van der Waals surface area contributed by atoms with Crippen molar-refractivity contribution in [2.45, 2.75) is 25.3 Å². The highest BCUT2D eigenvalue weighted by Crippen LogP contribution is 2.31. The summed E-state index contributed by atoms with van der Waals surface area (Å²) < 4.78 is 5.04. The van der Waals surface area contributed by atoms with Crippen LogP contribution in [-0.4, -0.2) is 46.7 Å². The number of nitrogens with zero attached hydrogens (tertiary/aromatic N) is 1. The van der Waals surface area contributed by atoms with Gasteiger partial charge in [0.25, 0.3) is 5.91 Å². The first-order chi connectivity index (χ1) is 9.52. The summed E-state index contributed by atoms with van der Waals surface area (Å²) in [7, 11) is 1.48. The smallest absolute Gasteiger partial charge is 0.305 e. The molecule has 0 unspecified atom stereocenters.